The number of piperidine rings is 1. The number of hydrogen-bond acceptors (Lipinski definition) is 9. The number of amides is 2. The lowest BCUT2D eigenvalue weighted by Crippen LogP contribution is -2.48. The van der Waals surface area contributed by atoms with Crippen LogP contribution in [0.3, 0.4) is 0 Å². The second-order valence-electron chi connectivity index (χ2n) is 11.8. The van der Waals surface area contributed by atoms with Crippen LogP contribution in [0.5, 0.6) is 5.75 Å². The van der Waals surface area contributed by atoms with Crippen molar-refractivity contribution >= 4 is 51.3 Å². The normalized spacial score (nSPS) is 18.8. The van der Waals surface area contributed by atoms with E-state index < -0.39 is 51.2 Å². The Morgan fingerprint density at radius 2 is 1.96 bits per heavy atom. The van der Waals surface area contributed by atoms with Crippen molar-refractivity contribution in [2.75, 3.05) is 31.6 Å². The van der Waals surface area contributed by atoms with Crippen LogP contribution in [0.2, 0.25) is 5.02 Å². The second-order valence-corrected chi connectivity index (χ2v) is 14.0. The average molecular weight is 718 g/mol. The van der Waals surface area contributed by atoms with E-state index in [0.29, 0.717) is 31.4 Å². The predicted molar refractivity (Wildman–Crippen MR) is 170 cm³/mol. The van der Waals surface area contributed by atoms with Gasteiger partial charge in [-0.05, 0) is 55.2 Å². The van der Waals surface area contributed by atoms with Crippen LogP contribution in [0.15, 0.2) is 47.4 Å². The number of fused-ring (bicyclic) bond motifs is 3. The molecule has 0 aliphatic carbocycles. The fraction of sp³-hybridized carbons (Fsp3) is 0.355. The van der Waals surface area contributed by atoms with Crippen molar-refractivity contribution in [1.82, 2.24) is 29.0 Å². The summed E-state index contributed by atoms with van der Waals surface area (Å²) in [6.45, 7) is 0.516. The Morgan fingerprint density at radius 3 is 2.63 bits per heavy atom. The molecule has 7 rings (SSSR count). The molecule has 13 nitrogen and oxygen atoms in total. The van der Waals surface area contributed by atoms with E-state index in [4.69, 9.17) is 16.3 Å². The molecule has 256 valence electrons. The number of nitrogens with one attached hydrogen (secondary N) is 1. The number of halogens is 4. The predicted octanol–water partition coefficient (Wildman–Crippen LogP) is 3.50. The number of likely N-dealkylation sites (tertiary alicyclic amines) is 1. The molecule has 2 N–H and O–H groups in total. The summed E-state index contributed by atoms with van der Waals surface area (Å²) in [5.41, 5.74) is -0.454. The van der Waals surface area contributed by atoms with E-state index in [1.165, 1.54) is 27.8 Å². The highest BCUT2D eigenvalue weighted by atomic mass is 35.5. The largest absolute Gasteiger partial charge is 0.505 e. The van der Waals surface area contributed by atoms with Crippen LogP contribution in [-0.4, -0.2) is 76.5 Å². The molecular weight excluding hydrogens is 691 g/mol. The molecule has 1 atom stereocenters. The first kappa shape index (κ1) is 32.9. The van der Waals surface area contributed by atoms with Crippen LogP contribution >= 0.6 is 11.6 Å². The maximum atomic E-state index is 14.2. The molecule has 3 aliphatic rings. The van der Waals surface area contributed by atoms with E-state index in [2.05, 4.69) is 20.4 Å². The summed E-state index contributed by atoms with van der Waals surface area (Å²) >= 11 is 6.09. The maximum Gasteiger partial charge on any atom is 0.416 e. The van der Waals surface area contributed by atoms with Gasteiger partial charge < -0.3 is 24.6 Å². The minimum Gasteiger partial charge on any atom is -0.505 e. The summed E-state index contributed by atoms with van der Waals surface area (Å²) in [5, 5.41) is 16.9. The van der Waals surface area contributed by atoms with E-state index in [1.807, 2.05) is 0 Å². The number of alkyl halides is 3. The monoisotopic (exact) mass is 717 g/mol. The Morgan fingerprint density at radius 1 is 1.18 bits per heavy atom. The molecule has 1 spiro atoms. The number of hydrogen-bond donors (Lipinski definition) is 2. The summed E-state index contributed by atoms with van der Waals surface area (Å²) in [6, 6.07) is 5.39. The minimum atomic E-state index is -4.63. The van der Waals surface area contributed by atoms with Crippen molar-refractivity contribution in [2.45, 2.75) is 42.5 Å². The number of carbonyl (C=O) groups is 2. The molecule has 1 saturated heterocycles. The summed E-state index contributed by atoms with van der Waals surface area (Å²) in [5.74, 6) is -1.28. The number of ether oxygens (including phenoxy) is 1. The topological polar surface area (TPSA) is 161 Å². The highest BCUT2D eigenvalue weighted by molar-refractivity contribution is 7.85. The lowest BCUT2D eigenvalue weighted by Gasteiger charge is -2.38. The molecule has 4 aromatic rings. The quantitative estimate of drug-likeness (QED) is 0.315. The molecule has 3 aromatic heterocycles. The van der Waals surface area contributed by atoms with Crippen molar-refractivity contribution in [3.8, 4) is 5.75 Å². The van der Waals surface area contributed by atoms with Gasteiger partial charge in [0.25, 0.3) is 11.5 Å². The molecule has 2 amide bonds. The van der Waals surface area contributed by atoms with Gasteiger partial charge in [-0.2, -0.15) is 22.7 Å². The Balaban J connectivity index is 1.26. The molecular formula is C31H27ClF3N7O6S. The van der Waals surface area contributed by atoms with Gasteiger partial charge in [-0.15, -0.1) is 5.10 Å². The number of aromatic hydroxyl groups is 1. The molecule has 1 unspecified atom stereocenters. The molecule has 6 heterocycles. The molecule has 0 radical (unpaired) electrons. The van der Waals surface area contributed by atoms with Crippen molar-refractivity contribution in [2.24, 2.45) is 0 Å². The van der Waals surface area contributed by atoms with Crippen LogP contribution in [0.4, 0.5) is 18.9 Å². The van der Waals surface area contributed by atoms with Crippen LogP contribution < -0.4 is 10.9 Å². The maximum absolute atomic E-state index is 14.2. The van der Waals surface area contributed by atoms with Gasteiger partial charge >= 0.3 is 6.18 Å². The van der Waals surface area contributed by atoms with Gasteiger partial charge in [-0.3, -0.25) is 18.6 Å². The van der Waals surface area contributed by atoms with E-state index in [0.717, 1.165) is 22.2 Å². The minimum absolute atomic E-state index is 0.0205. The third-order valence-electron chi connectivity index (χ3n) is 8.98. The number of carbonyl (C=O) groups excluding carboxylic acids is 2. The molecule has 49 heavy (non-hydrogen) atoms. The highest BCUT2D eigenvalue weighted by Gasteiger charge is 2.52. The summed E-state index contributed by atoms with van der Waals surface area (Å²) < 4.78 is 60.2. The third kappa shape index (κ3) is 5.78. The number of benzene rings is 1. The zero-order valence-corrected chi connectivity index (χ0v) is 27.1. The average Bonchev–Trinajstić information content (AvgIpc) is 3.64. The Bertz CT molecular complexity index is 2140. The third-order valence-corrected chi connectivity index (χ3v) is 11.3. The van der Waals surface area contributed by atoms with Gasteiger partial charge in [0.15, 0.2) is 11.5 Å². The van der Waals surface area contributed by atoms with Gasteiger partial charge in [-0.1, -0.05) is 17.7 Å². The smallest absolute Gasteiger partial charge is 0.416 e. The van der Waals surface area contributed by atoms with E-state index in [-0.39, 0.29) is 71.0 Å². The van der Waals surface area contributed by atoms with Crippen molar-refractivity contribution in [3.05, 3.63) is 86.3 Å². The van der Waals surface area contributed by atoms with E-state index in [9.17, 15) is 36.9 Å². The van der Waals surface area contributed by atoms with Crippen LogP contribution in [0, 0.1) is 0 Å². The van der Waals surface area contributed by atoms with E-state index in [1.54, 1.807) is 6.08 Å². The Kier molecular flexibility index (Phi) is 8.31. The molecule has 1 fully saturated rings. The zero-order chi connectivity index (χ0) is 34.7. The van der Waals surface area contributed by atoms with Gasteiger partial charge in [-0.25, -0.2) is 4.98 Å². The summed E-state index contributed by atoms with van der Waals surface area (Å²) in [4.78, 5) is 50.9. The van der Waals surface area contributed by atoms with Gasteiger partial charge in [0, 0.05) is 35.8 Å². The molecule has 1 aromatic carbocycles. The van der Waals surface area contributed by atoms with E-state index >= 15 is 0 Å². The van der Waals surface area contributed by atoms with Crippen LogP contribution in [0.1, 0.15) is 52.4 Å². The molecule has 0 saturated carbocycles. The van der Waals surface area contributed by atoms with Crippen LogP contribution in [0.25, 0.3) is 11.4 Å². The fourth-order valence-electron chi connectivity index (χ4n) is 6.50. The lowest BCUT2D eigenvalue weighted by atomic mass is 9.88. The van der Waals surface area contributed by atoms with Crippen molar-refractivity contribution in [1.29, 1.82) is 0 Å². The Labute approximate surface area is 282 Å². The number of nitrogens with zero attached hydrogens (tertiary/aromatic N) is 6. The molecule has 3 aliphatic heterocycles. The standard InChI is InChI=1S/C31H27ClF3N7O6S/c32-19-14-18(31(33,34)35)3-4-20(19)37-23(44)15-41-21-16-49(47)30(7-10-40(11-8-30)28(46)25-22(43)2-1-9-36-25)24(21)27(45)42-29(41)38-26(39-42)17-5-12-48-13-6-17/h1-5,9,14,43H,6-8,10-13,15-16H2,(H,37,44). The number of aromatic nitrogens is 5. The number of pyridine rings is 1. The SMILES string of the molecule is O=C(Cn1c2c(c(=O)n3nc(C4=CCOCC4)nc13)C1(CCN(C(=O)c3ncccc3O)CC1)S(=O)C2)Nc1ccc(C(F)(F)F)cc1Cl. The molecule has 0 bridgehead atoms. The summed E-state index contributed by atoms with van der Waals surface area (Å²) in [7, 11) is -1.65. The fourth-order valence-corrected chi connectivity index (χ4v) is 8.63. The zero-order valence-electron chi connectivity index (χ0n) is 25.5. The van der Waals surface area contributed by atoms with Gasteiger partial charge in [0.2, 0.25) is 11.7 Å². The number of anilines is 1. The lowest BCUT2D eigenvalue weighted by molar-refractivity contribution is -0.137. The number of rotatable bonds is 5. The first-order valence-corrected chi connectivity index (χ1v) is 16.9. The molecule has 18 heteroatoms. The van der Waals surface area contributed by atoms with Crippen molar-refractivity contribution < 1.29 is 36.8 Å². The van der Waals surface area contributed by atoms with Crippen molar-refractivity contribution in [3.63, 3.8) is 0 Å². The van der Waals surface area contributed by atoms with Crippen LogP contribution in [-0.2, 0) is 43.6 Å². The first-order chi connectivity index (χ1) is 23.4. The highest BCUT2D eigenvalue weighted by Crippen LogP contribution is 2.46. The van der Waals surface area contributed by atoms with Gasteiger partial charge in [0.1, 0.15) is 12.3 Å². The first-order valence-electron chi connectivity index (χ1n) is 15.2. The second kappa shape index (κ2) is 12.4. The Hall–Kier alpha value is -4.61. The summed E-state index contributed by atoms with van der Waals surface area (Å²) in [6.07, 6.45) is -0.675. The van der Waals surface area contributed by atoms with Gasteiger partial charge in [0.05, 0.1) is 45.6 Å².